The molecule has 1 amide bonds. The van der Waals surface area contributed by atoms with Crippen LogP contribution in [0.2, 0.25) is 0 Å². The molecule has 4 nitrogen and oxygen atoms in total. The number of nitrogens with zero attached hydrogens (tertiary/aromatic N) is 2. The van der Waals surface area contributed by atoms with Gasteiger partial charge in [0.05, 0.1) is 12.2 Å². The second kappa shape index (κ2) is 11.2. The highest BCUT2D eigenvalue weighted by atomic mass is 35.5. The van der Waals surface area contributed by atoms with E-state index in [1.165, 1.54) is 11.1 Å². The van der Waals surface area contributed by atoms with Crippen LogP contribution in [0.5, 0.6) is 0 Å². The van der Waals surface area contributed by atoms with Crippen molar-refractivity contribution in [3.05, 3.63) is 65.5 Å². The Balaban J connectivity index is 0.00000169. The Morgan fingerprint density at radius 2 is 2.04 bits per heavy atom. The Kier molecular flexibility index (Phi) is 9.63. The molecule has 2 heterocycles. The molecular weight excluding hydrogens is 369 g/mol. The smallest absolute Gasteiger partial charge is 0.224 e. The second-order valence-electron chi connectivity index (χ2n) is 6.56. The Hall–Kier alpha value is -1.62. The first kappa shape index (κ1) is 22.4. The molecule has 1 atom stereocenters. The summed E-state index contributed by atoms with van der Waals surface area (Å²) in [5.74, 6) is 0.196. The first-order valence-electron chi connectivity index (χ1n) is 8.67. The van der Waals surface area contributed by atoms with Gasteiger partial charge >= 0.3 is 0 Å². The molecule has 2 aromatic rings. The fourth-order valence-electron chi connectivity index (χ4n) is 3.22. The van der Waals surface area contributed by atoms with Gasteiger partial charge in [-0.2, -0.15) is 0 Å². The highest BCUT2D eigenvalue weighted by Gasteiger charge is 2.22. The summed E-state index contributed by atoms with van der Waals surface area (Å²) in [6, 6.07) is 14.5. The van der Waals surface area contributed by atoms with Crippen LogP contribution in [0.25, 0.3) is 0 Å². The number of pyridine rings is 1. The van der Waals surface area contributed by atoms with Gasteiger partial charge in [-0.25, -0.2) is 0 Å². The van der Waals surface area contributed by atoms with E-state index < -0.39 is 0 Å². The number of hydrogen-bond acceptors (Lipinski definition) is 3. The Bertz CT molecular complexity index is 676. The van der Waals surface area contributed by atoms with Gasteiger partial charge in [0.25, 0.3) is 0 Å². The van der Waals surface area contributed by atoms with Crippen molar-refractivity contribution in [2.75, 3.05) is 6.54 Å². The minimum absolute atomic E-state index is 0. The summed E-state index contributed by atoms with van der Waals surface area (Å²) in [4.78, 5) is 19.2. The summed E-state index contributed by atoms with van der Waals surface area (Å²) in [7, 11) is 0. The third kappa shape index (κ3) is 6.60. The van der Waals surface area contributed by atoms with Gasteiger partial charge in [-0.15, -0.1) is 24.8 Å². The van der Waals surface area contributed by atoms with Gasteiger partial charge in [0.1, 0.15) is 0 Å². The molecule has 26 heavy (non-hydrogen) atoms. The van der Waals surface area contributed by atoms with Gasteiger partial charge in [0, 0.05) is 25.2 Å². The molecule has 1 aromatic carbocycles. The van der Waals surface area contributed by atoms with Gasteiger partial charge < -0.3 is 10.2 Å². The maximum absolute atomic E-state index is 12.9. The van der Waals surface area contributed by atoms with Crippen molar-refractivity contribution in [2.24, 2.45) is 0 Å². The second-order valence-corrected chi connectivity index (χ2v) is 6.56. The Morgan fingerprint density at radius 3 is 2.69 bits per heavy atom. The summed E-state index contributed by atoms with van der Waals surface area (Å²) in [6.45, 7) is 4.29. The van der Waals surface area contributed by atoms with E-state index in [9.17, 15) is 4.79 Å². The molecule has 1 unspecified atom stereocenters. The number of amides is 1. The molecule has 1 fully saturated rings. The monoisotopic (exact) mass is 395 g/mol. The lowest BCUT2D eigenvalue weighted by atomic mass is 10.1. The first-order valence-corrected chi connectivity index (χ1v) is 8.67. The number of nitrogens with one attached hydrogen (secondary N) is 1. The molecule has 1 saturated heterocycles. The predicted octanol–water partition coefficient (Wildman–Crippen LogP) is 3.90. The van der Waals surface area contributed by atoms with E-state index in [-0.39, 0.29) is 30.7 Å². The molecule has 0 aliphatic carbocycles. The molecule has 0 spiro atoms. The van der Waals surface area contributed by atoms with Crippen LogP contribution in [0, 0.1) is 6.92 Å². The normalized spacial score (nSPS) is 15.7. The van der Waals surface area contributed by atoms with E-state index >= 15 is 0 Å². The number of benzene rings is 1. The summed E-state index contributed by atoms with van der Waals surface area (Å²) < 4.78 is 0. The van der Waals surface area contributed by atoms with Gasteiger partial charge in [-0.3, -0.25) is 9.78 Å². The zero-order valence-electron chi connectivity index (χ0n) is 15.1. The van der Waals surface area contributed by atoms with E-state index in [2.05, 4.69) is 35.4 Å². The number of aromatic nitrogens is 1. The van der Waals surface area contributed by atoms with Crippen LogP contribution in [0.15, 0.2) is 48.7 Å². The average molecular weight is 396 g/mol. The Labute approximate surface area is 168 Å². The van der Waals surface area contributed by atoms with Gasteiger partial charge in [0.2, 0.25) is 5.91 Å². The number of aryl methyl sites for hydroxylation is 1. The van der Waals surface area contributed by atoms with E-state index in [4.69, 9.17) is 0 Å². The fourth-order valence-corrected chi connectivity index (χ4v) is 3.22. The van der Waals surface area contributed by atoms with Crippen molar-refractivity contribution < 1.29 is 4.79 Å². The number of hydrogen-bond donors (Lipinski definition) is 1. The number of rotatable bonds is 6. The SMILES string of the molecule is Cc1cccc(CN(Cc2ccccn2)C(=O)CC2CCCN2)c1.Cl.Cl. The number of carbonyl (C=O) groups is 1. The van der Waals surface area contributed by atoms with Crippen LogP contribution in [0.1, 0.15) is 36.1 Å². The molecule has 1 N–H and O–H groups in total. The van der Waals surface area contributed by atoms with Crippen LogP contribution < -0.4 is 5.32 Å². The minimum atomic E-state index is 0. The highest BCUT2D eigenvalue weighted by molar-refractivity contribution is 5.85. The highest BCUT2D eigenvalue weighted by Crippen LogP contribution is 2.15. The van der Waals surface area contributed by atoms with E-state index in [1.54, 1.807) is 6.20 Å². The lowest BCUT2D eigenvalue weighted by Gasteiger charge is -2.24. The molecule has 0 saturated carbocycles. The summed E-state index contributed by atoms with van der Waals surface area (Å²) in [5.41, 5.74) is 3.31. The molecule has 1 aliphatic rings. The third-order valence-corrected chi connectivity index (χ3v) is 4.47. The molecule has 0 radical (unpaired) electrons. The quantitative estimate of drug-likeness (QED) is 0.806. The van der Waals surface area contributed by atoms with Crippen LogP contribution in [-0.2, 0) is 17.9 Å². The lowest BCUT2D eigenvalue weighted by Crippen LogP contribution is -2.35. The zero-order chi connectivity index (χ0) is 16.8. The van der Waals surface area contributed by atoms with E-state index in [1.807, 2.05) is 29.2 Å². The minimum Gasteiger partial charge on any atom is -0.332 e. The average Bonchev–Trinajstić information content (AvgIpc) is 3.08. The van der Waals surface area contributed by atoms with Crippen molar-refractivity contribution in [2.45, 2.75) is 45.3 Å². The van der Waals surface area contributed by atoms with Crippen molar-refractivity contribution in [1.29, 1.82) is 0 Å². The molecule has 1 aromatic heterocycles. The molecule has 142 valence electrons. The molecular formula is C20H27Cl2N3O. The summed E-state index contributed by atoms with van der Waals surface area (Å²) in [6.07, 6.45) is 4.60. The van der Waals surface area contributed by atoms with E-state index in [0.29, 0.717) is 25.6 Å². The molecule has 3 rings (SSSR count). The number of carbonyl (C=O) groups excluding carboxylic acids is 1. The molecule has 1 aliphatic heterocycles. The van der Waals surface area contributed by atoms with Crippen LogP contribution in [-0.4, -0.2) is 28.4 Å². The van der Waals surface area contributed by atoms with Gasteiger partial charge in [-0.1, -0.05) is 35.9 Å². The summed E-state index contributed by atoms with van der Waals surface area (Å²) in [5, 5.41) is 3.42. The summed E-state index contributed by atoms with van der Waals surface area (Å²) >= 11 is 0. The third-order valence-electron chi connectivity index (χ3n) is 4.47. The zero-order valence-corrected chi connectivity index (χ0v) is 16.7. The maximum atomic E-state index is 12.9. The largest absolute Gasteiger partial charge is 0.332 e. The van der Waals surface area contributed by atoms with Gasteiger partial charge in [-0.05, 0) is 44.0 Å². The molecule has 0 bridgehead atoms. The lowest BCUT2D eigenvalue weighted by molar-refractivity contribution is -0.133. The first-order chi connectivity index (χ1) is 11.7. The topological polar surface area (TPSA) is 45.2 Å². The maximum Gasteiger partial charge on any atom is 0.224 e. The Morgan fingerprint density at radius 1 is 1.19 bits per heavy atom. The number of halogens is 2. The van der Waals surface area contributed by atoms with Gasteiger partial charge in [0.15, 0.2) is 0 Å². The van der Waals surface area contributed by atoms with Crippen molar-refractivity contribution in [1.82, 2.24) is 15.2 Å². The van der Waals surface area contributed by atoms with Crippen LogP contribution >= 0.6 is 24.8 Å². The van der Waals surface area contributed by atoms with Crippen molar-refractivity contribution in [3.8, 4) is 0 Å². The van der Waals surface area contributed by atoms with Crippen LogP contribution in [0.4, 0.5) is 0 Å². The van der Waals surface area contributed by atoms with Crippen molar-refractivity contribution >= 4 is 30.7 Å². The fraction of sp³-hybridized carbons (Fsp3) is 0.400. The standard InChI is InChI=1S/C20H25N3O.2ClH/c1-16-6-4-7-17(12-16)14-23(15-19-8-2-3-10-22-19)20(24)13-18-9-5-11-21-18;;/h2-4,6-8,10,12,18,21H,5,9,11,13-15H2,1H3;2*1H. The van der Waals surface area contributed by atoms with Crippen LogP contribution in [0.3, 0.4) is 0 Å². The van der Waals surface area contributed by atoms with E-state index in [0.717, 1.165) is 25.1 Å². The molecule has 6 heteroatoms. The van der Waals surface area contributed by atoms with Crippen molar-refractivity contribution in [3.63, 3.8) is 0 Å². The predicted molar refractivity (Wildman–Crippen MR) is 110 cm³/mol.